The number of benzene rings is 2. The fourth-order valence-corrected chi connectivity index (χ4v) is 4.23. The van der Waals surface area contributed by atoms with E-state index in [0.29, 0.717) is 0 Å². The number of hydrogen-bond acceptors (Lipinski definition) is 4. The smallest absolute Gasteiger partial charge is 0.261 e. The van der Waals surface area contributed by atoms with Crippen molar-refractivity contribution in [3.05, 3.63) is 64.7 Å². The van der Waals surface area contributed by atoms with Crippen LogP contribution >= 0.6 is 0 Å². The Balaban J connectivity index is 1.98. The highest BCUT2D eigenvalue weighted by molar-refractivity contribution is 7.89. The molecule has 0 bridgehead atoms. The predicted molar refractivity (Wildman–Crippen MR) is 92.6 cm³/mol. The normalized spacial score (nSPS) is 15.4. The average molecular weight is 394 g/mol. The summed E-state index contributed by atoms with van der Waals surface area (Å²) in [6.45, 7) is 1.53. The molecule has 9 heteroatoms. The fraction of sp³-hybridized carbons (Fsp3) is 0.222. The van der Waals surface area contributed by atoms with Crippen molar-refractivity contribution < 1.29 is 26.8 Å². The van der Waals surface area contributed by atoms with Crippen LogP contribution in [0.5, 0.6) is 0 Å². The third-order valence-corrected chi connectivity index (χ3v) is 6.63. The Morgan fingerprint density at radius 2 is 1.59 bits per heavy atom. The van der Waals surface area contributed by atoms with Gasteiger partial charge in [-0.15, -0.1) is 0 Å². The lowest BCUT2D eigenvalue weighted by molar-refractivity contribution is 0.0693. The van der Waals surface area contributed by atoms with Gasteiger partial charge in [0.1, 0.15) is 0 Å². The number of carbonyl (C=O) groups excluding carboxylic acids is 2. The maximum absolute atomic E-state index is 13.5. The second kappa shape index (κ2) is 6.50. The van der Waals surface area contributed by atoms with Gasteiger partial charge in [0.2, 0.25) is 10.0 Å². The number of carbonyl (C=O) groups is 2. The van der Waals surface area contributed by atoms with Crippen molar-refractivity contribution >= 4 is 21.8 Å². The van der Waals surface area contributed by atoms with Crippen molar-refractivity contribution in [2.75, 3.05) is 14.1 Å². The van der Waals surface area contributed by atoms with Crippen LogP contribution in [0.4, 0.5) is 8.78 Å². The van der Waals surface area contributed by atoms with Crippen molar-refractivity contribution in [1.82, 2.24) is 9.21 Å². The minimum Gasteiger partial charge on any atom is -0.277 e. The number of imide groups is 1. The van der Waals surface area contributed by atoms with Gasteiger partial charge < -0.3 is 0 Å². The zero-order valence-corrected chi connectivity index (χ0v) is 15.5. The van der Waals surface area contributed by atoms with Crippen LogP contribution in [0, 0.1) is 11.6 Å². The minimum atomic E-state index is -4.05. The molecule has 1 atom stereocenters. The lowest BCUT2D eigenvalue weighted by atomic mass is 10.1. The SMILES string of the molecule is CC(c1ccc(F)c(F)c1)N(C)S(=O)(=O)c1ccc2c(c1)C(=O)N(C)C2=O. The average Bonchev–Trinajstić information content (AvgIpc) is 2.86. The van der Waals surface area contributed by atoms with E-state index in [1.54, 1.807) is 0 Å². The van der Waals surface area contributed by atoms with Gasteiger partial charge in [0, 0.05) is 20.1 Å². The molecule has 0 saturated heterocycles. The van der Waals surface area contributed by atoms with Gasteiger partial charge in [0.05, 0.1) is 16.0 Å². The number of rotatable bonds is 4. The Morgan fingerprint density at radius 3 is 2.22 bits per heavy atom. The molecule has 2 aromatic carbocycles. The first kappa shape index (κ1) is 19.1. The third-order valence-electron chi connectivity index (χ3n) is 4.71. The molecule has 1 unspecified atom stereocenters. The van der Waals surface area contributed by atoms with Crippen LogP contribution in [0.2, 0.25) is 0 Å². The van der Waals surface area contributed by atoms with Gasteiger partial charge in [0.15, 0.2) is 11.6 Å². The molecule has 0 N–H and O–H groups in total. The molecule has 0 fully saturated rings. The number of nitrogens with zero attached hydrogens (tertiary/aromatic N) is 2. The van der Waals surface area contributed by atoms with Gasteiger partial charge in [-0.2, -0.15) is 4.31 Å². The first-order valence-corrected chi connectivity index (χ1v) is 9.39. The maximum Gasteiger partial charge on any atom is 0.261 e. The molecule has 0 radical (unpaired) electrons. The van der Waals surface area contributed by atoms with Crippen LogP contribution < -0.4 is 0 Å². The highest BCUT2D eigenvalue weighted by Crippen LogP contribution is 2.30. The zero-order valence-electron chi connectivity index (χ0n) is 14.7. The summed E-state index contributed by atoms with van der Waals surface area (Å²) in [5, 5.41) is 0. The molecule has 0 aromatic heterocycles. The molecular formula is C18H16F2N2O4S. The van der Waals surface area contributed by atoms with E-state index in [1.807, 2.05) is 0 Å². The van der Waals surface area contributed by atoms with E-state index in [2.05, 4.69) is 0 Å². The second-order valence-corrected chi connectivity index (χ2v) is 8.24. The summed E-state index contributed by atoms with van der Waals surface area (Å²) in [7, 11) is -1.44. The molecule has 142 valence electrons. The minimum absolute atomic E-state index is 0.0115. The van der Waals surface area contributed by atoms with Crippen LogP contribution in [0.25, 0.3) is 0 Å². The summed E-state index contributed by atoms with van der Waals surface area (Å²) >= 11 is 0. The van der Waals surface area contributed by atoms with Crippen molar-refractivity contribution in [2.45, 2.75) is 17.9 Å². The van der Waals surface area contributed by atoms with Crippen molar-refractivity contribution in [2.24, 2.45) is 0 Å². The second-order valence-electron chi connectivity index (χ2n) is 6.25. The highest BCUT2D eigenvalue weighted by atomic mass is 32.2. The summed E-state index contributed by atoms with van der Waals surface area (Å²) < 4.78 is 53.4. The molecule has 2 amide bonds. The van der Waals surface area contributed by atoms with E-state index in [-0.39, 0.29) is 21.6 Å². The Kier molecular flexibility index (Phi) is 4.61. The molecule has 0 aliphatic carbocycles. The lowest BCUT2D eigenvalue weighted by Crippen LogP contribution is -2.30. The molecule has 0 saturated carbocycles. The van der Waals surface area contributed by atoms with E-state index in [9.17, 15) is 26.8 Å². The molecule has 1 aliphatic heterocycles. The largest absolute Gasteiger partial charge is 0.277 e. The molecule has 27 heavy (non-hydrogen) atoms. The first-order valence-electron chi connectivity index (χ1n) is 7.95. The number of halogens is 2. The summed E-state index contributed by atoms with van der Waals surface area (Å²) in [6.07, 6.45) is 0. The van der Waals surface area contributed by atoms with Crippen LogP contribution in [0.3, 0.4) is 0 Å². The van der Waals surface area contributed by atoms with E-state index in [0.717, 1.165) is 27.4 Å². The van der Waals surface area contributed by atoms with E-state index < -0.39 is 39.5 Å². The van der Waals surface area contributed by atoms with Gasteiger partial charge in [-0.05, 0) is 42.8 Å². The molecular weight excluding hydrogens is 378 g/mol. The molecule has 3 rings (SSSR count). The van der Waals surface area contributed by atoms with Crippen LogP contribution in [-0.2, 0) is 10.0 Å². The summed E-state index contributed by atoms with van der Waals surface area (Å²) in [5.41, 5.74) is 0.419. The molecule has 1 aliphatic rings. The highest BCUT2D eigenvalue weighted by Gasteiger charge is 2.35. The van der Waals surface area contributed by atoms with Crippen molar-refractivity contribution in [3.8, 4) is 0 Å². The zero-order chi connectivity index (χ0) is 20.1. The first-order chi connectivity index (χ1) is 12.6. The lowest BCUT2D eigenvalue weighted by Gasteiger charge is -2.25. The molecule has 2 aromatic rings. The number of fused-ring (bicyclic) bond motifs is 1. The number of amides is 2. The Labute approximate surface area is 155 Å². The topological polar surface area (TPSA) is 74.8 Å². The quantitative estimate of drug-likeness (QED) is 0.747. The van der Waals surface area contributed by atoms with E-state index in [1.165, 1.54) is 39.2 Å². The van der Waals surface area contributed by atoms with Crippen LogP contribution in [0.15, 0.2) is 41.3 Å². The molecule has 0 spiro atoms. The van der Waals surface area contributed by atoms with Crippen molar-refractivity contribution in [3.63, 3.8) is 0 Å². The van der Waals surface area contributed by atoms with Gasteiger partial charge in [-0.3, -0.25) is 14.5 Å². The Morgan fingerprint density at radius 1 is 0.963 bits per heavy atom. The predicted octanol–water partition coefficient (Wildman–Crippen LogP) is 2.57. The van der Waals surface area contributed by atoms with Gasteiger partial charge in [-0.1, -0.05) is 6.07 Å². The van der Waals surface area contributed by atoms with Gasteiger partial charge in [0.25, 0.3) is 11.8 Å². The van der Waals surface area contributed by atoms with Crippen molar-refractivity contribution in [1.29, 1.82) is 0 Å². The van der Waals surface area contributed by atoms with Crippen LogP contribution in [0.1, 0.15) is 39.2 Å². The summed E-state index contributed by atoms with van der Waals surface area (Å²) in [4.78, 5) is 24.8. The monoisotopic (exact) mass is 394 g/mol. The maximum atomic E-state index is 13.5. The van der Waals surface area contributed by atoms with Gasteiger partial charge in [-0.25, -0.2) is 17.2 Å². The van der Waals surface area contributed by atoms with E-state index >= 15 is 0 Å². The molecule has 1 heterocycles. The summed E-state index contributed by atoms with van der Waals surface area (Å²) in [5.74, 6) is -3.18. The fourth-order valence-electron chi connectivity index (χ4n) is 2.86. The van der Waals surface area contributed by atoms with Crippen LogP contribution in [-0.4, -0.2) is 43.5 Å². The Hall–Kier alpha value is -2.65. The number of sulfonamides is 1. The standard InChI is InChI=1S/C18H16F2N2O4S/c1-10(11-4-7-15(19)16(20)8-11)22(3)27(25,26)12-5-6-13-14(9-12)18(24)21(2)17(13)23/h4-10H,1-3H3. The molecule has 6 nitrogen and oxygen atoms in total. The Bertz CT molecular complexity index is 1070. The third kappa shape index (κ3) is 3.02. The number of hydrogen-bond donors (Lipinski definition) is 0. The van der Waals surface area contributed by atoms with Gasteiger partial charge >= 0.3 is 0 Å². The van der Waals surface area contributed by atoms with E-state index in [4.69, 9.17) is 0 Å². The summed E-state index contributed by atoms with van der Waals surface area (Å²) in [6, 6.07) is 6.06.